The van der Waals surface area contributed by atoms with Gasteiger partial charge >= 0.3 is 0 Å². The van der Waals surface area contributed by atoms with Crippen molar-refractivity contribution < 1.29 is 14.3 Å². The van der Waals surface area contributed by atoms with E-state index in [0.29, 0.717) is 12.5 Å². The molecule has 5 nitrogen and oxygen atoms in total. The SMILES string of the molecule is COc1cccc(OC(C)CNC(=O)[C@@]23CCCC[C@H]2CNC3)c1. The predicted octanol–water partition coefficient (Wildman–Crippen LogP) is 2.36. The molecule has 0 bridgehead atoms. The lowest BCUT2D eigenvalue weighted by molar-refractivity contribution is -0.134. The maximum Gasteiger partial charge on any atom is 0.227 e. The molecular weight excluding hydrogens is 304 g/mol. The summed E-state index contributed by atoms with van der Waals surface area (Å²) in [6.07, 6.45) is 4.48. The van der Waals surface area contributed by atoms with E-state index in [1.165, 1.54) is 6.42 Å². The number of fused-ring (bicyclic) bond motifs is 1. The van der Waals surface area contributed by atoms with Crippen molar-refractivity contribution in [1.82, 2.24) is 10.6 Å². The van der Waals surface area contributed by atoms with Gasteiger partial charge in [-0.25, -0.2) is 0 Å². The Kier molecular flexibility index (Phi) is 5.29. The molecule has 24 heavy (non-hydrogen) atoms. The van der Waals surface area contributed by atoms with Gasteiger partial charge in [-0.15, -0.1) is 0 Å². The van der Waals surface area contributed by atoms with Crippen LogP contribution in [0.15, 0.2) is 24.3 Å². The van der Waals surface area contributed by atoms with Crippen molar-refractivity contribution in [2.75, 3.05) is 26.7 Å². The quantitative estimate of drug-likeness (QED) is 0.840. The van der Waals surface area contributed by atoms with Gasteiger partial charge in [0.1, 0.15) is 17.6 Å². The first-order valence-electron chi connectivity index (χ1n) is 8.94. The first-order chi connectivity index (χ1) is 11.6. The fraction of sp³-hybridized carbons (Fsp3) is 0.632. The Balaban J connectivity index is 1.53. The van der Waals surface area contributed by atoms with Crippen LogP contribution in [0.3, 0.4) is 0 Å². The Morgan fingerprint density at radius 2 is 2.25 bits per heavy atom. The van der Waals surface area contributed by atoms with Crippen LogP contribution in [0.1, 0.15) is 32.6 Å². The van der Waals surface area contributed by atoms with Gasteiger partial charge < -0.3 is 20.1 Å². The van der Waals surface area contributed by atoms with Crippen molar-refractivity contribution in [3.8, 4) is 11.5 Å². The zero-order valence-electron chi connectivity index (χ0n) is 14.6. The first kappa shape index (κ1) is 17.1. The number of nitrogens with one attached hydrogen (secondary N) is 2. The standard InChI is InChI=1S/C19H28N2O3/c1-14(24-17-8-5-7-16(10-17)23-2)11-21-18(22)19-9-4-3-6-15(19)12-20-13-19/h5,7-8,10,14-15,20H,3-4,6,9,11-13H2,1-2H3,(H,21,22)/t14?,15-,19+/m0/s1. The van der Waals surface area contributed by atoms with Crippen molar-refractivity contribution in [2.45, 2.75) is 38.7 Å². The summed E-state index contributed by atoms with van der Waals surface area (Å²) in [6.45, 7) is 4.28. The Hall–Kier alpha value is -1.75. The summed E-state index contributed by atoms with van der Waals surface area (Å²) < 4.78 is 11.1. The molecule has 1 aromatic carbocycles. The molecular formula is C19H28N2O3. The summed E-state index contributed by atoms with van der Waals surface area (Å²) in [5.41, 5.74) is -0.200. The first-order valence-corrected chi connectivity index (χ1v) is 8.94. The number of hydrogen-bond acceptors (Lipinski definition) is 4. The second-order valence-electron chi connectivity index (χ2n) is 7.05. The molecule has 2 aliphatic rings. The Morgan fingerprint density at radius 1 is 1.42 bits per heavy atom. The van der Waals surface area contributed by atoms with E-state index in [0.717, 1.165) is 43.9 Å². The number of methoxy groups -OCH3 is 1. The van der Waals surface area contributed by atoms with E-state index in [9.17, 15) is 4.79 Å². The predicted molar refractivity (Wildman–Crippen MR) is 93.4 cm³/mol. The highest BCUT2D eigenvalue weighted by atomic mass is 16.5. The second-order valence-corrected chi connectivity index (χ2v) is 7.05. The van der Waals surface area contributed by atoms with Crippen LogP contribution in [0.25, 0.3) is 0 Å². The zero-order chi connectivity index (χ0) is 17.0. The van der Waals surface area contributed by atoms with Gasteiger partial charge in [-0.05, 0) is 44.4 Å². The third-order valence-corrected chi connectivity index (χ3v) is 5.42. The number of benzene rings is 1. The maximum atomic E-state index is 12.8. The number of rotatable bonds is 6. The van der Waals surface area contributed by atoms with Gasteiger partial charge in [0.15, 0.2) is 0 Å². The van der Waals surface area contributed by atoms with Gasteiger partial charge in [0.05, 0.1) is 19.1 Å². The van der Waals surface area contributed by atoms with Gasteiger partial charge in [0.25, 0.3) is 0 Å². The molecule has 1 saturated heterocycles. The number of ether oxygens (including phenoxy) is 2. The van der Waals surface area contributed by atoms with E-state index in [4.69, 9.17) is 9.47 Å². The third kappa shape index (κ3) is 3.51. The minimum Gasteiger partial charge on any atom is -0.497 e. The molecule has 0 spiro atoms. The van der Waals surface area contributed by atoms with E-state index < -0.39 is 0 Å². The van der Waals surface area contributed by atoms with Crippen molar-refractivity contribution >= 4 is 5.91 Å². The van der Waals surface area contributed by atoms with Gasteiger partial charge in [-0.3, -0.25) is 4.79 Å². The average Bonchev–Trinajstić information content (AvgIpc) is 3.05. The number of carbonyl (C=O) groups is 1. The van der Waals surface area contributed by atoms with Crippen LogP contribution in [0.4, 0.5) is 0 Å². The van der Waals surface area contributed by atoms with Gasteiger partial charge in [-0.2, -0.15) is 0 Å². The van der Waals surface area contributed by atoms with Crippen molar-refractivity contribution in [2.24, 2.45) is 11.3 Å². The number of amides is 1. The summed E-state index contributed by atoms with van der Waals surface area (Å²) in [4.78, 5) is 12.8. The normalized spacial score (nSPS) is 27.2. The molecule has 0 aromatic heterocycles. The topological polar surface area (TPSA) is 59.6 Å². The highest BCUT2D eigenvalue weighted by Gasteiger charge is 2.49. The third-order valence-electron chi connectivity index (χ3n) is 5.42. The second kappa shape index (κ2) is 7.43. The molecule has 3 rings (SSSR count). The molecule has 0 radical (unpaired) electrons. The molecule has 1 aliphatic carbocycles. The lowest BCUT2D eigenvalue weighted by Crippen LogP contribution is -2.49. The number of carbonyl (C=O) groups excluding carboxylic acids is 1. The smallest absolute Gasteiger partial charge is 0.227 e. The highest BCUT2D eigenvalue weighted by molar-refractivity contribution is 5.83. The molecule has 1 saturated carbocycles. The van der Waals surface area contributed by atoms with E-state index in [2.05, 4.69) is 10.6 Å². The Bertz CT molecular complexity index is 577. The molecule has 3 atom stereocenters. The fourth-order valence-electron chi connectivity index (χ4n) is 4.05. The largest absolute Gasteiger partial charge is 0.497 e. The van der Waals surface area contributed by atoms with Crippen molar-refractivity contribution in [1.29, 1.82) is 0 Å². The highest BCUT2D eigenvalue weighted by Crippen LogP contribution is 2.43. The molecule has 2 fully saturated rings. The monoisotopic (exact) mass is 332 g/mol. The molecule has 1 unspecified atom stereocenters. The van der Waals surface area contributed by atoms with E-state index >= 15 is 0 Å². The van der Waals surface area contributed by atoms with Gasteiger partial charge in [-0.1, -0.05) is 18.9 Å². The van der Waals surface area contributed by atoms with Gasteiger partial charge in [0, 0.05) is 12.6 Å². The van der Waals surface area contributed by atoms with Crippen LogP contribution < -0.4 is 20.1 Å². The maximum absolute atomic E-state index is 12.8. The fourth-order valence-corrected chi connectivity index (χ4v) is 4.05. The van der Waals surface area contributed by atoms with E-state index in [-0.39, 0.29) is 17.4 Å². The molecule has 1 aromatic rings. The lowest BCUT2D eigenvalue weighted by Gasteiger charge is -2.37. The van der Waals surface area contributed by atoms with Crippen LogP contribution in [0, 0.1) is 11.3 Å². The molecule has 1 aliphatic heterocycles. The minimum atomic E-state index is -0.200. The van der Waals surface area contributed by atoms with Crippen LogP contribution >= 0.6 is 0 Å². The average molecular weight is 332 g/mol. The molecule has 1 amide bonds. The van der Waals surface area contributed by atoms with Crippen molar-refractivity contribution in [3.63, 3.8) is 0 Å². The minimum absolute atomic E-state index is 0.0890. The summed E-state index contributed by atoms with van der Waals surface area (Å²) in [6, 6.07) is 7.54. The summed E-state index contributed by atoms with van der Waals surface area (Å²) >= 11 is 0. The van der Waals surface area contributed by atoms with Crippen LogP contribution in [-0.2, 0) is 4.79 Å². The van der Waals surface area contributed by atoms with E-state index in [1.807, 2.05) is 31.2 Å². The molecule has 5 heteroatoms. The summed E-state index contributed by atoms with van der Waals surface area (Å²) in [7, 11) is 1.64. The number of hydrogen-bond donors (Lipinski definition) is 2. The summed E-state index contributed by atoms with van der Waals surface area (Å²) in [5.74, 6) is 2.20. The molecule has 132 valence electrons. The zero-order valence-corrected chi connectivity index (χ0v) is 14.6. The van der Waals surface area contributed by atoms with Crippen LogP contribution in [0.5, 0.6) is 11.5 Å². The Labute approximate surface area is 144 Å². The van der Waals surface area contributed by atoms with E-state index in [1.54, 1.807) is 7.11 Å². The molecule has 1 heterocycles. The van der Waals surface area contributed by atoms with Crippen LogP contribution in [-0.4, -0.2) is 38.8 Å². The van der Waals surface area contributed by atoms with Crippen LogP contribution in [0.2, 0.25) is 0 Å². The lowest BCUT2D eigenvalue weighted by atomic mass is 9.67. The molecule has 2 N–H and O–H groups in total. The Morgan fingerprint density at radius 3 is 3.08 bits per heavy atom. The summed E-state index contributed by atoms with van der Waals surface area (Å²) in [5, 5.41) is 6.55. The van der Waals surface area contributed by atoms with Crippen molar-refractivity contribution in [3.05, 3.63) is 24.3 Å². The van der Waals surface area contributed by atoms with Gasteiger partial charge in [0.2, 0.25) is 5.91 Å².